The zero-order valence-electron chi connectivity index (χ0n) is 18.4. The van der Waals surface area contributed by atoms with E-state index in [1.165, 1.54) is 0 Å². The number of carbonyl (C=O) groups is 2. The lowest BCUT2D eigenvalue weighted by Gasteiger charge is -2.42. The molecule has 0 bridgehead atoms. The van der Waals surface area contributed by atoms with Crippen LogP contribution in [0.2, 0.25) is 0 Å². The summed E-state index contributed by atoms with van der Waals surface area (Å²) in [6, 6.07) is 17.3. The lowest BCUT2D eigenvalue weighted by molar-refractivity contribution is -0.119. The number of anilines is 1. The van der Waals surface area contributed by atoms with Crippen LogP contribution in [0.25, 0.3) is 0 Å². The van der Waals surface area contributed by atoms with E-state index in [9.17, 15) is 9.59 Å². The molecule has 4 nitrogen and oxygen atoms in total. The van der Waals surface area contributed by atoms with Crippen molar-refractivity contribution in [1.82, 2.24) is 4.90 Å². The summed E-state index contributed by atoms with van der Waals surface area (Å²) in [6.45, 7) is 8.85. The van der Waals surface area contributed by atoms with Crippen molar-refractivity contribution in [3.63, 3.8) is 0 Å². The molecule has 1 aliphatic heterocycles. The Hall–Kier alpha value is -2.92. The minimum absolute atomic E-state index is 0.00171. The number of aryl methyl sites for hydroxylation is 2. The summed E-state index contributed by atoms with van der Waals surface area (Å²) in [4.78, 5) is 30.1. The van der Waals surface area contributed by atoms with Crippen LogP contribution in [-0.2, 0) is 4.79 Å². The zero-order chi connectivity index (χ0) is 22.1. The summed E-state index contributed by atoms with van der Waals surface area (Å²) in [5.74, 6) is -0.276. The predicted molar refractivity (Wildman–Crippen MR) is 127 cm³/mol. The van der Waals surface area contributed by atoms with Gasteiger partial charge in [0.1, 0.15) is 0 Å². The molecule has 1 N–H and O–H groups in total. The van der Waals surface area contributed by atoms with E-state index >= 15 is 0 Å². The maximum absolute atomic E-state index is 13.8. The molecule has 2 amide bonds. The number of amides is 2. The molecule has 0 radical (unpaired) electrons. The molecule has 2 atom stereocenters. The summed E-state index contributed by atoms with van der Waals surface area (Å²) < 4.78 is 0. The van der Waals surface area contributed by atoms with Crippen LogP contribution in [0, 0.1) is 19.8 Å². The maximum atomic E-state index is 13.8. The SMILES string of the molecule is Cc1cc(C)cc(NC(=O)[C@@H]2c3ccccc3C(=O)N(CC(C)C)[C@H]2c2cccs2)c1. The van der Waals surface area contributed by atoms with Gasteiger partial charge in [-0.2, -0.15) is 0 Å². The van der Waals surface area contributed by atoms with Crippen molar-refractivity contribution in [2.24, 2.45) is 5.92 Å². The van der Waals surface area contributed by atoms with Gasteiger partial charge in [0, 0.05) is 22.7 Å². The predicted octanol–water partition coefficient (Wildman–Crippen LogP) is 5.94. The molecular formula is C26H28N2O2S. The van der Waals surface area contributed by atoms with E-state index in [1.54, 1.807) is 11.3 Å². The summed E-state index contributed by atoms with van der Waals surface area (Å²) in [7, 11) is 0. The highest BCUT2D eigenvalue weighted by Crippen LogP contribution is 2.45. The van der Waals surface area contributed by atoms with E-state index in [0.29, 0.717) is 18.0 Å². The molecule has 0 saturated heterocycles. The summed E-state index contributed by atoms with van der Waals surface area (Å²) >= 11 is 1.60. The van der Waals surface area contributed by atoms with Gasteiger partial charge in [-0.05, 0) is 66.1 Å². The smallest absolute Gasteiger partial charge is 0.254 e. The number of nitrogens with one attached hydrogen (secondary N) is 1. The van der Waals surface area contributed by atoms with Crippen LogP contribution < -0.4 is 5.32 Å². The molecule has 0 fully saturated rings. The molecule has 1 aliphatic rings. The van der Waals surface area contributed by atoms with Crippen molar-refractivity contribution >= 4 is 28.8 Å². The van der Waals surface area contributed by atoms with E-state index in [2.05, 4.69) is 25.2 Å². The normalized spacial score (nSPS) is 18.2. The van der Waals surface area contributed by atoms with Gasteiger partial charge in [-0.3, -0.25) is 9.59 Å². The Morgan fingerprint density at radius 1 is 1.06 bits per heavy atom. The molecule has 0 saturated carbocycles. The summed E-state index contributed by atoms with van der Waals surface area (Å²) in [6.07, 6.45) is 0. The Morgan fingerprint density at radius 3 is 2.42 bits per heavy atom. The number of thiophene rings is 1. The van der Waals surface area contributed by atoms with Crippen LogP contribution in [0.4, 0.5) is 5.69 Å². The zero-order valence-corrected chi connectivity index (χ0v) is 19.2. The summed E-state index contributed by atoms with van der Waals surface area (Å²) in [5.41, 5.74) is 4.41. The van der Waals surface area contributed by atoms with Gasteiger partial charge >= 0.3 is 0 Å². The average Bonchev–Trinajstić information content (AvgIpc) is 3.23. The standard InChI is InChI=1S/C26H28N2O2S/c1-16(2)15-28-24(22-10-7-11-31-22)23(20-8-5-6-9-21(20)26(28)30)25(29)27-19-13-17(3)12-18(4)14-19/h5-14,16,23-24H,15H2,1-4H3,(H,27,29)/t23-,24+/m1/s1. The Balaban J connectivity index is 1.82. The molecule has 5 heteroatoms. The molecule has 31 heavy (non-hydrogen) atoms. The quantitative estimate of drug-likeness (QED) is 0.542. The van der Waals surface area contributed by atoms with Gasteiger partial charge in [-0.15, -0.1) is 11.3 Å². The van der Waals surface area contributed by atoms with E-state index in [0.717, 1.165) is 27.3 Å². The van der Waals surface area contributed by atoms with Crippen molar-refractivity contribution in [3.05, 3.63) is 87.1 Å². The monoisotopic (exact) mass is 432 g/mol. The molecule has 0 unspecified atom stereocenters. The molecule has 2 aromatic carbocycles. The minimum atomic E-state index is -0.480. The van der Waals surface area contributed by atoms with E-state index in [1.807, 2.05) is 72.7 Å². The summed E-state index contributed by atoms with van der Waals surface area (Å²) in [5, 5.41) is 5.15. The molecule has 1 aromatic heterocycles. The Bertz CT molecular complexity index is 1080. The number of benzene rings is 2. The molecule has 3 aromatic rings. The van der Waals surface area contributed by atoms with Gasteiger partial charge in [0.25, 0.3) is 5.91 Å². The third kappa shape index (κ3) is 4.28. The van der Waals surface area contributed by atoms with Crippen LogP contribution in [0.1, 0.15) is 57.7 Å². The number of nitrogens with zero attached hydrogens (tertiary/aromatic N) is 1. The van der Waals surface area contributed by atoms with Gasteiger partial charge in [0.2, 0.25) is 5.91 Å². The van der Waals surface area contributed by atoms with Crippen LogP contribution >= 0.6 is 11.3 Å². The van der Waals surface area contributed by atoms with Crippen molar-refractivity contribution in [2.45, 2.75) is 39.7 Å². The Kier molecular flexibility index (Phi) is 5.96. The van der Waals surface area contributed by atoms with Crippen molar-refractivity contribution in [2.75, 3.05) is 11.9 Å². The first-order chi connectivity index (χ1) is 14.8. The molecule has 0 aliphatic carbocycles. The highest BCUT2D eigenvalue weighted by Gasteiger charge is 2.44. The van der Waals surface area contributed by atoms with Gasteiger partial charge in [-0.25, -0.2) is 0 Å². The van der Waals surface area contributed by atoms with E-state index in [-0.39, 0.29) is 17.9 Å². The fourth-order valence-corrected chi connectivity index (χ4v) is 5.39. The Labute approximate surface area is 187 Å². The minimum Gasteiger partial charge on any atom is -0.329 e. The second-order valence-corrected chi connectivity index (χ2v) is 9.72. The van der Waals surface area contributed by atoms with Crippen molar-refractivity contribution < 1.29 is 9.59 Å². The molecule has 4 rings (SSSR count). The average molecular weight is 433 g/mol. The van der Waals surface area contributed by atoms with Gasteiger partial charge < -0.3 is 10.2 Å². The number of rotatable bonds is 5. The van der Waals surface area contributed by atoms with Gasteiger partial charge in [-0.1, -0.05) is 44.2 Å². The number of hydrogen-bond acceptors (Lipinski definition) is 3. The van der Waals surface area contributed by atoms with Crippen LogP contribution in [0.15, 0.2) is 60.0 Å². The molecular weight excluding hydrogens is 404 g/mol. The highest BCUT2D eigenvalue weighted by molar-refractivity contribution is 7.10. The fraction of sp³-hybridized carbons (Fsp3) is 0.308. The van der Waals surface area contributed by atoms with E-state index < -0.39 is 5.92 Å². The molecule has 160 valence electrons. The van der Waals surface area contributed by atoms with Gasteiger partial charge in [0.15, 0.2) is 0 Å². The number of hydrogen-bond donors (Lipinski definition) is 1. The third-order valence-electron chi connectivity index (χ3n) is 5.61. The first-order valence-electron chi connectivity index (χ1n) is 10.7. The number of fused-ring (bicyclic) bond motifs is 1. The third-order valence-corrected chi connectivity index (χ3v) is 6.55. The first kappa shape index (κ1) is 21.3. The van der Waals surface area contributed by atoms with Crippen LogP contribution in [0.3, 0.4) is 0 Å². The Morgan fingerprint density at radius 2 is 1.77 bits per heavy atom. The number of carbonyl (C=O) groups excluding carboxylic acids is 2. The molecule has 0 spiro atoms. The second-order valence-electron chi connectivity index (χ2n) is 8.74. The van der Waals surface area contributed by atoms with E-state index in [4.69, 9.17) is 0 Å². The van der Waals surface area contributed by atoms with Crippen molar-refractivity contribution in [1.29, 1.82) is 0 Å². The fourth-order valence-electron chi connectivity index (χ4n) is 4.51. The lowest BCUT2D eigenvalue weighted by Crippen LogP contribution is -2.47. The maximum Gasteiger partial charge on any atom is 0.254 e. The van der Waals surface area contributed by atoms with Crippen LogP contribution in [0.5, 0.6) is 0 Å². The van der Waals surface area contributed by atoms with Gasteiger partial charge in [0.05, 0.1) is 12.0 Å². The van der Waals surface area contributed by atoms with Crippen molar-refractivity contribution in [3.8, 4) is 0 Å². The largest absolute Gasteiger partial charge is 0.329 e. The lowest BCUT2D eigenvalue weighted by atomic mass is 9.81. The second kappa shape index (κ2) is 8.67. The first-order valence-corrected chi connectivity index (χ1v) is 11.6. The highest BCUT2D eigenvalue weighted by atomic mass is 32.1. The molecule has 2 heterocycles. The van der Waals surface area contributed by atoms with Crippen LogP contribution in [-0.4, -0.2) is 23.3 Å². The topological polar surface area (TPSA) is 49.4 Å².